The van der Waals surface area contributed by atoms with E-state index in [4.69, 9.17) is 0 Å². The van der Waals surface area contributed by atoms with E-state index in [1.807, 2.05) is 30.9 Å². The van der Waals surface area contributed by atoms with Gasteiger partial charge in [-0.1, -0.05) is 13.8 Å². The summed E-state index contributed by atoms with van der Waals surface area (Å²) in [5.41, 5.74) is 3.18. The Bertz CT molecular complexity index is 560. The van der Waals surface area contributed by atoms with Gasteiger partial charge in [0.05, 0.1) is 11.4 Å². The molecule has 0 bridgehead atoms. The van der Waals surface area contributed by atoms with Gasteiger partial charge in [0.25, 0.3) is 0 Å². The monoisotopic (exact) mass is 308 g/mol. The summed E-state index contributed by atoms with van der Waals surface area (Å²) in [4.78, 5) is 4.39. The zero-order valence-electron chi connectivity index (χ0n) is 11.0. The SMILES string of the molecule is Cc1cc(Br)cnc1Nc1cn(C)nc1C(C)C. The second-order valence-corrected chi connectivity index (χ2v) is 5.62. The third kappa shape index (κ3) is 2.72. The van der Waals surface area contributed by atoms with Crippen molar-refractivity contribution >= 4 is 27.4 Å². The lowest BCUT2D eigenvalue weighted by molar-refractivity contribution is 0.713. The molecule has 2 heterocycles. The number of anilines is 2. The van der Waals surface area contributed by atoms with Crippen LogP contribution in [0.4, 0.5) is 11.5 Å². The van der Waals surface area contributed by atoms with E-state index in [0.717, 1.165) is 27.2 Å². The number of halogens is 1. The summed E-state index contributed by atoms with van der Waals surface area (Å²) in [6, 6.07) is 2.04. The molecule has 0 radical (unpaired) electrons. The molecule has 0 unspecified atom stereocenters. The fourth-order valence-electron chi connectivity index (χ4n) is 1.83. The molecule has 2 rings (SSSR count). The average Bonchev–Trinajstić information content (AvgIpc) is 2.64. The van der Waals surface area contributed by atoms with Crippen LogP contribution in [0.3, 0.4) is 0 Å². The minimum atomic E-state index is 0.379. The summed E-state index contributed by atoms with van der Waals surface area (Å²) in [7, 11) is 1.93. The van der Waals surface area contributed by atoms with Crippen LogP contribution in [-0.2, 0) is 7.05 Å². The predicted molar refractivity (Wildman–Crippen MR) is 77.3 cm³/mol. The molecule has 18 heavy (non-hydrogen) atoms. The van der Waals surface area contributed by atoms with Gasteiger partial charge in [0.2, 0.25) is 0 Å². The Labute approximate surface area is 116 Å². The molecular weight excluding hydrogens is 292 g/mol. The lowest BCUT2D eigenvalue weighted by Gasteiger charge is -2.09. The Morgan fingerprint density at radius 3 is 2.72 bits per heavy atom. The van der Waals surface area contributed by atoms with Crippen LogP contribution in [0.2, 0.25) is 0 Å². The van der Waals surface area contributed by atoms with Gasteiger partial charge in [-0.05, 0) is 40.4 Å². The van der Waals surface area contributed by atoms with Gasteiger partial charge in [-0.3, -0.25) is 4.68 Å². The third-order valence-electron chi connectivity index (χ3n) is 2.70. The minimum Gasteiger partial charge on any atom is -0.337 e. The predicted octanol–water partition coefficient (Wildman–Crippen LogP) is 3.75. The molecule has 0 amide bonds. The van der Waals surface area contributed by atoms with Gasteiger partial charge in [0.1, 0.15) is 5.82 Å². The second-order valence-electron chi connectivity index (χ2n) is 4.70. The van der Waals surface area contributed by atoms with Gasteiger partial charge in [-0.15, -0.1) is 0 Å². The maximum Gasteiger partial charge on any atom is 0.133 e. The standard InChI is InChI=1S/C13H17BrN4/c1-8(2)12-11(7-18(4)17-12)16-13-9(3)5-10(14)6-15-13/h5-8H,1-4H3,(H,15,16). The molecule has 0 spiro atoms. The number of hydrogen-bond acceptors (Lipinski definition) is 3. The first-order valence-corrected chi connectivity index (χ1v) is 6.69. The van der Waals surface area contributed by atoms with Crippen LogP contribution in [0, 0.1) is 6.92 Å². The van der Waals surface area contributed by atoms with Crippen LogP contribution < -0.4 is 5.32 Å². The molecule has 0 saturated heterocycles. The first-order valence-electron chi connectivity index (χ1n) is 5.90. The summed E-state index contributed by atoms with van der Waals surface area (Å²) in [5, 5.41) is 7.83. The number of rotatable bonds is 3. The lowest BCUT2D eigenvalue weighted by Crippen LogP contribution is -1.99. The van der Waals surface area contributed by atoms with Crippen LogP contribution >= 0.6 is 15.9 Å². The highest BCUT2D eigenvalue weighted by atomic mass is 79.9. The number of nitrogens with zero attached hydrogens (tertiary/aromatic N) is 3. The summed E-state index contributed by atoms with van der Waals surface area (Å²) < 4.78 is 2.81. The van der Waals surface area contributed by atoms with Gasteiger partial charge in [0, 0.05) is 23.9 Å². The summed E-state index contributed by atoms with van der Waals surface area (Å²) in [5.74, 6) is 1.25. The number of pyridine rings is 1. The summed E-state index contributed by atoms with van der Waals surface area (Å²) in [6.07, 6.45) is 3.78. The number of nitrogens with one attached hydrogen (secondary N) is 1. The molecule has 0 aliphatic rings. The van der Waals surface area contributed by atoms with Crippen LogP contribution in [0.15, 0.2) is 22.9 Å². The van der Waals surface area contributed by atoms with E-state index in [1.54, 1.807) is 6.20 Å². The smallest absolute Gasteiger partial charge is 0.133 e. The molecule has 0 aliphatic heterocycles. The van der Waals surface area contributed by atoms with Crippen molar-refractivity contribution in [2.24, 2.45) is 7.05 Å². The van der Waals surface area contributed by atoms with Crippen molar-refractivity contribution in [2.75, 3.05) is 5.32 Å². The van der Waals surface area contributed by atoms with Crippen LogP contribution in [0.5, 0.6) is 0 Å². The lowest BCUT2D eigenvalue weighted by atomic mass is 10.1. The maximum absolute atomic E-state index is 4.47. The highest BCUT2D eigenvalue weighted by Crippen LogP contribution is 2.26. The first kappa shape index (κ1) is 13.1. The molecule has 0 aromatic carbocycles. The fourth-order valence-corrected chi connectivity index (χ4v) is 2.27. The van der Waals surface area contributed by atoms with E-state index in [0.29, 0.717) is 5.92 Å². The van der Waals surface area contributed by atoms with Crippen molar-refractivity contribution in [3.8, 4) is 0 Å². The van der Waals surface area contributed by atoms with Crippen molar-refractivity contribution in [3.63, 3.8) is 0 Å². The first-order chi connectivity index (χ1) is 8.47. The molecule has 0 atom stereocenters. The number of hydrogen-bond donors (Lipinski definition) is 1. The summed E-state index contributed by atoms with van der Waals surface area (Å²) in [6.45, 7) is 6.30. The normalized spacial score (nSPS) is 11.0. The topological polar surface area (TPSA) is 42.7 Å². The van der Waals surface area contributed by atoms with Gasteiger partial charge < -0.3 is 5.32 Å². The van der Waals surface area contributed by atoms with Crippen molar-refractivity contribution < 1.29 is 0 Å². The van der Waals surface area contributed by atoms with Crippen LogP contribution in [-0.4, -0.2) is 14.8 Å². The van der Waals surface area contributed by atoms with Crippen LogP contribution in [0.25, 0.3) is 0 Å². The quantitative estimate of drug-likeness (QED) is 0.939. The number of aryl methyl sites for hydroxylation is 2. The second kappa shape index (κ2) is 5.10. The van der Waals surface area contributed by atoms with Crippen molar-refractivity contribution in [1.82, 2.24) is 14.8 Å². The zero-order chi connectivity index (χ0) is 13.3. The Morgan fingerprint density at radius 2 is 2.11 bits per heavy atom. The zero-order valence-corrected chi connectivity index (χ0v) is 12.6. The molecule has 1 N–H and O–H groups in total. The molecule has 0 saturated carbocycles. The van der Waals surface area contributed by atoms with E-state index in [9.17, 15) is 0 Å². The molecule has 4 nitrogen and oxygen atoms in total. The maximum atomic E-state index is 4.47. The minimum absolute atomic E-state index is 0.379. The van der Waals surface area contributed by atoms with Crippen molar-refractivity contribution in [1.29, 1.82) is 0 Å². The average molecular weight is 309 g/mol. The van der Waals surface area contributed by atoms with E-state index >= 15 is 0 Å². The van der Waals surface area contributed by atoms with Gasteiger partial charge in [-0.2, -0.15) is 5.10 Å². The largest absolute Gasteiger partial charge is 0.337 e. The molecule has 5 heteroatoms. The third-order valence-corrected chi connectivity index (χ3v) is 3.14. The van der Waals surface area contributed by atoms with E-state index in [1.165, 1.54) is 0 Å². The van der Waals surface area contributed by atoms with E-state index in [-0.39, 0.29) is 0 Å². The number of aromatic nitrogens is 3. The van der Waals surface area contributed by atoms with E-state index in [2.05, 4.69) is 45.2 Å². The Hall–Kier alpha value is -1.36. The molecule has 96 valence electrons. The molecule has 0 fully saturated rings. The highest BCUT2D eigenvalue weighted by Gasteiger charge is 2.12. The Balaban J connectivity index is 2.33. The molecular formula is C13H17BrN4. The van der Waals surface area contributed by atoms with E-state index < -0.39 is 0 Å². The Kier molecular flexibility index (Phi) is 3.71. The van der Waals surface area contributed by atoms with Crippen LogP contribution in [0.1, 0.15) is 31.0 Å². The molecule has 2 aromatic heterocycles. The van der Waals surface area contributed by atoms with Crippen molar-refractivity contribution in [3.05, 3.63) is 34.2 Å². The van der Waals surface area contributed by atoms with Gasteiger partial charge >= 0.3 is 0 Å². The highest BCUT2D eigenvalue weighted by molar-refractivity contribution is 9.10. The van der Waals surface area contributed by atoms with Crippen molar-refractivity contribution in [2.45, 2.75) is 26.7 Å². The summed E-state index contributed by atoms with van der Waals surface area (Å²) >= 11 is 3.42. The van der Waals surface area contributed by atoms with Gasteiger partial charge in [0.15, 0.2) is 0 Å². The Morgan fingerprint density at radius 1 is 1.39 bits per heavy atom. The molecule has 2 aromatic rings. The van der Waals surface area contributed by atoms with Gasteiger partial charge in [-0.25, -0.2) is 4.98 Å². The fraction of sp³-hybridized carbons (Fsp3) is 0.385. The molecule has 0 aliphatic carbocycles.